The Morgan fingerprint density at radius 3 is 2.53 bits per heavy atom. The second-order valence-electron chi connectivity index (χ2n) is 8.98. The summed E-state index contributed by atoms with van der Waals surface area (Å²) in [5, 5.41) is 21.5. The number of hydrogen-bond donors (Lipinski definition) is 3. The fraction of sp³-hybridized carbons (Fsp3) is 0.179. The largest absolute Gasteiger partial charge is 0.507 e. The molecule has 0 radical (unpaired) electrons. The van der Waals surface area contributed by atoms with Gasteiger partial charge >= 0.3 is 6.03 Å². The minimum Gasteiger partial charge on any atom is -0.507 e. The molecule has 1 saturated carbocycles. The fourth-order valence-electron chi connectivity index (χ4n) is 4.06. The summed E-state index contributed by atoms with van der Waals surface area (Å²) in [4.78, 5) is 25.5. The molecule has 36 heavy (non-hydrogen) atoms. The van der Waals surface area contributed by atoms with Crippen molar-refractivity contribution in [2.75, 3.05) is 5.32 Å². The minimum absolute atomic E-state index is 0.0453. The van der Waals surface area contributed by atoms with E-state index in [4.69, 9.17) is 11.6 Å². The predicted octanol–water partition coefficient (Wildman–Crippen LogP) is 6.11. The van der Waals surface area contributed by atoms with Gasteiger partial charge in [0, 0.05) is 40.4 Å². The lowest BCUT2D eigenvalue weighted by atomic mass is 10.1. The van der Waals surface area contributed by atoms with Crippen LogP contribution < -0.4 is 10.6 Å². The number of nitrogens with one attached hydrogen (secondary N) is 2. The topological polar surface area (TPSA) is 96.3 Å². The summed E-state index contributed by atoms with van der Waals surface area (Å²) in [6.45, 7) is 2.41. The smallest absolute Gasteiger partial charge is 0.342 e. The lowest BCUT2D eigenvalue weighted by Gasteiger charge is -2.09. The number of phenols is 1. The maximum absolute atomic E-state index is 13.0. The Bertz CT molecular complexity index is 1440. The van der Waals surface area contributed by atoms with Gasteiger partial charge in [-0.05, 0) is 67.8 Å². The van der Waals surface area contributed by atoms with E-state index < -0.39 is 0 Å². The molecule has 1 aliphatic carbocycles. The molecule has 1 heterocycles. The lowest BCUT2D eigenvalue weighted by molar-refractivity contribution is 0.102. The van der Waals surface area contributed by atoms with Crippen LogP contribution in [0.4, 0.5) is 10.5 Å². The molecule has 2 amide bonds. The van der Waals surface area contributed by atoms with Crippen LogP contribution in [-0.4, -0.2) is 26.8 Å². The molecule has 3 aromatic carbocycles. The van der Waals surface area contributed by atoms with Gasteiger partial charge < -0.3 is 15.7 Å². The lowest BCUT2D eigenvalue weighted by Crippen LogP contribution is -2.30. The Balaban J connectivity index is 1.34. The summed E-state index contributed by atoms with van der Waals surface area (Å²) in [5.74, 6) is -0.0866. The van der Waals surface area contributed by atoms with Crippen LogP contribution in [0.15, 0.2) is 72.8 Å². The number of carbonyl (C=O) groups is 2. The van der Waals surface area contributed by atoms with Crippen molar-refractivity contribution in [3.05, 3.63) is 100 Å². The van der Waals surface area contributed by atoms with Gasteiger partial charge in [0.25, 0.3) is 5.91 Å². The number of benzene rings is 3. The van der Waals surface area contributed by atoms with E-state index in [1.165, 1.54) is 10.7 Å². The summed E-state index contributed by atoms with van der Waals surface area (Å²) in [6.07, 6.45) is 2.00. The van der Waals surface area contributed by atoms with E-state index in [2.05, 4.69) is 15.7 Å². The highest BCUT2D eigenvalue weighted by Crippen LogP contribution is 2.42. The SMILES string of the molecule is Cc1cccc(CNC(=O)n2nc(-c3ccc(NC(=O)c4ccc(Cl)cc4)cc3O)cc2C2CC2)c1. The van der Waals surface area contributed by atoms with Crippen LogP contribution in [-0.2, 0) is 6.54 Å². The number of aromatic hydroxyl groups is 1. The Kier molecular flexibility index (Phi) is 6.48. The molecule has 0 unspecified atom stereocenters. The summed E-state index contributed by atoms with van der Waals surface area (Å²) in [5.41, 5.74) is 4.83. The summed E-state index contributed by atoms with van der Waals surface area (Å²) >= 11 is 5.88. The van der Waals surface area contributed by atoms with Crippen molar-refractivity contribution in [3.63, 3.8) is 0 Å². The van der Waals surface area contributed by atoms with Crippen molar-refractivity contribution in [3.8, 4) is 17.0 Å². The molecule has 0 bridgehead atoms. The molecule has 7 nitrogen and oxygen atoms in total. The van der Waals surface area contributed by atoms with Crippen LogP contribution in [0, 0.1) is 6.92 Å². The number of phenolic OH excluding ortho intramolecular Hbond substituents is 1. The number of aromatic nitrogens is 2. The highest BCUT2D eigenvalue weighted by atomic mass is 35.5. The van der Waals surface area contributed by atoms with E-state index in [1.807, 2.05) is 37.3 Å². The molecule has 1 fully saturated rings. The number of rotatable bonds is 6. The van der Waals surface area contributed by atoms with Crippen LogP contribution in [0.25, 0.3) is 11.3 Å². The third kappa shape index (κ3) is 5.26. The van der Waals surface area contributed by atoms with E-state index in [1.54, 1.807) is 36.4 Å². The van der Waals surface area contributed by atoms with Gasteiger partial charge in [0.05, 0.1) is 11.4 Å². The van der Waals surface area contributed by atoms with Crippen LogP contribution >= 0.6 is 11.6 Å². The molecular formula is C28H25ClN4O3. The average molecular weight is 501 g/mol. The van der Waals surface area contributed by atoms with Gasteiger partial charge in [0.2, 0.25) is 0 Å². The van der Waals surface area contributed by atoms with Crippen molar-refractivity contribution >= 4 is 29.2 Å². The summed E-state index contributed by atoms with van der Waals surface area (Å²) < 4.78 is 1.40. The van der Waals surface area contributed by atoms with Crippen molar-refractivity contribution < 1.29 is 14.7 Å². The van der Waals surface area contributed by atoms with Crippen molar-refractivity contribution in [1.29, 1.82) is 0 Å². The molecule has 5 rings (SSSR count). The quantitative estimate of drug-likeness (QED) is 0.298. The maximum Gasteiger partial charge on any atom is 0.342 e. The third-order valence-electron chi connectivity index (χ3n) is 6.09. The zero-order chi connectivity index (χ0) is 25.2. The zero-order valence-corrected chi connectivity index (χ0v) is 20.4. The molecule has 0 spiro atoms. The van der Waals surface area contributed by atoms with Gasteiger partial charge in [-0.25, -0.2) is 4.79 Å². The van der Waals surface area contributed by atoms with E-state index in [0.717, 1.165) is 29.7 Å². The second kappa shape index (κ2) is 9.87. The first-order valence-corrected chi connectivity index (χ1v) is 12.1. The van der Waals surface area contributed by atoms with Crippen LogP contribution in [0.2, 0.25) is 5.02 Å². The molecule has 1 aliphatic rings. The molecule has 8 heteroatoms. The Labute approximate surface area is 213 Å². The van der Waals surface area contributed by atoms with Crippen LogP contribution in [0.3, 0.4) is 0 Å². The third-order valence-corrected chi connectivity index (χ3v) is 6.34. The van der Waals surface area contributed by atoms with E-state index in [-0.39, 0.29) is 23.6 Å². The molecule has 0 aliphatic heterocycles. The second-order valence-corrected chi connectivity index (χ2v) is 9.42. The molecule has 4 aromatic rings. The molecular weight excluding hydrogens is 476 g/mol. The molecule has 3 N–H and O–H groups in total. The Morgan fingerprint density at radius 2 is 1.83 bits per heavy atom. The zero-order valence-electron chi connectivity index (χ0n) is 19.7. The van der Waals surface area contributed by atoms with Gasteiger partial charge in [-0.2, -0.15) is 9.78 Å². The van der Waals surface area contributed by atoms with Gasteiger partial charge in [-0.1, -0.05) is 41.4 Å². The summed E-state index contributed by atoms with van der Waals surface area (Å²) in [6, 6.07) is 20.9. The van der Waals surface area contributed by atoms with Gasteiger partial charge in [0.15, 0.2) is 0 Å². The number of aryl methyl sites for hydroxylation is 1. The van der Waals surface area contributed by atoms with Crippen molar-refractivity contribution in [2.45, 2.75) is 32.2 Å². The van der Waals surface area contributed by atoms with Crippen molar-refractivity contribution in [2.24, 2.45) is 0 Å². The molecule has 0 atom stereocenters. The summed E-state index contributed by atoms with van der Waals surface area (Å²) in [7, 11) is 0. The van der Waals surface area contributed by atoms with Gasteiger partial charge in [0.1, 0.15) is 5.75 Å². The molecule has 1 aromatic heterocycles. The number of hydrogen-bond acceptors (Lipinski definition) is 4. The Morgan fingerprint density at radius 1 is 1.06 bits per heavy atom. The van der Waals surface area contributed by atoms with Gasteiger partial charge in [-0.15, -0.1) is 0 Å². The number of carbonyl (C=O) groups excluding carboxylic acids is 2. The number of nitrogens with zero attached hydrogens (tertiary/aromatic N) is 2. The first-order chi connectivity index (χ1) is 17.4. The van der Waals surface area contributed by atoms with Crippen LogP contribution in [0.5, 0.6) is 5.75 Å². The minimum atomic E-state index is -0.315. The van der Waals surface area contributed by atoms with E-state index in [0.29, 0.717) is 34.1 Å². The van der Waals surface area contributed by atoms with E-state index in [9.17, 15) is 14.7 Å². The van der Waals surface area contributed by atoms with Crippen molar-refractivity contribution in [1.82, 2.24) is 15.1 Å². The number of amides is 2. The standard InChI is InChI=1S/C28H25ClN4O3/c1-17-3-2-4-18(13-17)16-30-28(36)33-25(19-5-6-19)15-24(32-33)23-12-11-22(14-26(23)34)31-27(35)20-7-9-21(29)10-8-20/h2-4,7-15,19,34H,5-6,16H2,1H3,(H,30,36)(H,31,35). The average Bonchev–Trinajstić information content (AvgIpc) is 3.61. The fourth-order valence-corrected chi connectivity index (χ4v) is 4.19. The highest BCUT2D eigenvalue weighted by Gasteiger charge is 2.30. The van der Waals surface area contributed by atoms with Crippen LogP contribution in [0.1, 0.15) is 45.9 Å². The Hall–Kier alpha value is -4.10. The predicted molar refractivity (Wildman–Crippen MR) is 140 cm³/mol. The maximum atomic E-state index is 13.0. The first kappa shape index (κ1) is 23.6. The van der Waals surface area contributed by atoms with Gasteiger partial charge in [-0.3, -0.25) is 4.79 Å². The molecule has 182 valence electrons. The highest BCUT2D eigenvalue weighted by molar-refractivity contribution is 6.30. The monoisotopic (exact) mass is 500 g/mol. The van der Waals surface area contributed by atoms with E-state index >= 15 is 0 Å². The first-order valence-electron chi connectivity index (χ1n) is 11.7. The number of anilines is 1. The molecule has 0 saturated heterocycles. The number of halogens is 1. The normalized spacial score (nSPS) is 12.8.